The van der Waals surface area contributed by atoms with Crippen LogP contribution < -0.4 is 4.57 Å². The molecule has 9 heteroatoms. The first-order valence-electron chi connectivity index (χ1n) is 12.7. The highest BCUT2D eigenvalue weighted by Gasteiger charge is 2.54. The number of amides is 3. The maximum Gasteiger partial charge on any atom is 0.402 e. The zero-order chi connectivity index (χ0) is 23.1. The number of likely N-dealkylation sites (tertiary alicyclic amines) is 2. The number of imide groups is 1. The van der Waals surface area contributed by atoms with Crippen molar-refractivity contribution in [3.63, 3.8) is 0 Å². The van der Waals surface area contributed by atoms with Crippen molar-refractivity contribution in [1.29, 1.82) is 0 Å². The molecule has 9 nitrogen and oxygen atoms in total. The highest BCUT2D eigenvalue weighted by Crippen LogP contribution is 2.35. The third kappa shape index (κ3) is 3.99. The summed E-state index contributed by atoms with van der Waals surface area (Å²) >= 11 is 0. The van der Waals surface area contributed by atoms with E-state index in [9.17, 15) is 9.59 Å². The number of urea groups is 1. The quantitative estimate of drug-likeness (QED) is 0.613. The van der Waals surface area contributed by atoms with Crippen LogP contribution in [0.3, 0.4) is 0 Å². The maximum absolute atomic E-state index is 13.6. The van der Waals surface area contributed by atoms with Crippen LogP contribution in [0.15, 0.2) is 4.99 Å². The molecule has 180 valence electrons. The standard InChI is InChI=1S/C24H38N7O2/c1-18-19(2)31-20-21(25-23(31)29(18)16-14-27-10-6-4-7-11-27)26(3)24(33)30(22(20)32)17-15-28-12-8-5-9-13-28/h20H,4-17H2,1-3H3/q+1. The molecule has 0 aromatic carbocycles. The summed E-state index contributed by atoms with van der Waals surface area (Å²) in [6.45, 7) is 11.6. The second kappa shape index (κ2) is 9.18. The van der Waals surface area contributed by atoms with Crippen molar-refractivity contribution >= 4 is 23.7 Å². The number of aromatic nitrogens is 2. The van der Waals surface area contributed by atoms with Gasteiger partial charge >= 0.3 is 12.0 Å². The zero-order valence-electron chi connectivity index (χ0n) is 20.4. The van der Waals surface area contributed by atoms with Crippen LogP contribution in [0, 0.1) is 13.8 Å². The molecule has 33 heavy (non-hydrogen) atoms. The van der Waals surface area contributed by atoms with E-state index in [2.05, 4.69) is 32.8 Å². The van der Waals surface area contributed by atoms with Crippen LogP contribution in [0.25, 0.3) is 0 Å². The number of aliphatic imine (C=N–C) groups is 1. The van der Waals surface area contributed by atoms with E-state index in [1.807, 2.05) is 0 Å². The molecule has 0 aliphatic carbocycles. The first kappa shape index (κ1) is 22.5. The van der Waals surface area contributed by atoms with Crippen LogP contribution in [0.2, 0.25) is 0 Å². The van der Waals surface area contributed by atoms with Gasteiger partial charge in [0.15, 0.2) is 0 Å². The minimum Gasteiger partial charge on any atom is -0.302 e. The average Bonchev–Trinajstić information content (AvgIpc) is 3.33. The summed E-state index contributed by atoms with van der Waals surface area (Å²) < 4.78 is 4.29. The number of carbonyl (C=O) groups excluding carboxylic acids is 2. The Balaban J connectivity index is 1.37. The molecule has 3 saturated heterocycles. The van der Waals surface area contributed by atoms with Crippen molar-refractivity contribution < 1.29 is 14.2 Å². The summed E-state index contributed by atoms with van der Waals surface area (Å²) in [6, 6.07) is -0.800. The number of fused-ring (bicyclic) bond motifs is 3. The van der Waals surface area contributed by atoms with Crippen LogP contribution in [0.1, 0.15) is 56.0 Å². The SMILES string of the molecule is Cc1c(C)[n+](CCN2CCCCC2)c2n1C1C(=O)N(CCN3CCCCC3)C(=O)N(C)C1=N2. The highest BCUT2D eigenvalue weighted by atomic mass is 16.2. The summed E-state index contributed by atoms with van der Waals surface area (Å²) in [5.41, 5.74) is 2.21. The summed E-state index contributed by atoms with van der Waals surface area (Å²) in [4.78, 5) is 39.5. The number of imidazole rings is 1. The minimum atomic E-state index is -0.543. The van der Waals surface area contributed by atoms with E-state index >= 15 is 0 Å². The molecule has 1 unspecified atom stereocenters. The van der Waals surface area contributed by atoms with E-state index in [0.717, 1.165) is 63.1 Å². The van der Waals surface area contributed by atoms with Gasteiger partial charge in [-0.05, 0) is 65.7 Å². The zero-order valence-corrected chi connectivity index (χ0v) is 20.4. The normalized spacial score (nSPS) is 24.3. The summed E-state index contributed by atoms with van der Waals surface area (Å²) in [5, 5.41) is 0. The van der Waals surface area contributed by atoms with Crippen molar-refractivity contribution in [2.75, 3.05) is 52.9 Å². The van der Waals surface area contributed by atoms with Gasteiger partial charge in [0.05, 0.1) is 6.54 Å². The van der Waals surface area contributed by atoms with Gasteiger partial charge in [0.1, 0.15) is 11.4 Å². The fraction of sp³-hybridized carbons (Fsp3) is 0.750. The maximum atomic E-state index is 13.6. The number of rotatable bonds is 6. The van der Waals surface area contributed by atoms with Crippen molar-refractivity contribution in [3.05, 3.63) is 11.4 Å². The second-order valence-electron chi connectivity index (χ2n) is 10.0. The van der Waals surface area contributed by atoms with Gasteiger partial charge in [-0.15, -0.1) is 0 Å². The van der Waals surface area contributed by atoms with E-state index in [0.29, 0.717) is 12.4 Å². The molecule has 1 atom stereocenters. The van der Waals surface area contributed by atoms with Crippen molar-refractivity contribution in [2.45, 2.75) is 65.0 Å². The fourth-order valence-electron chi connectivity index (χ4n) is 5.82. The molecule has 0 radical (unpaired) electrons. The monoisotopic (exact) mass is 456 g/mol. The van der Waals surface area contributed by atoms with Gasteiger partial charge < -0.3 is 9.80 Å². The number of nitrogens with zero attached hydrogens (tertiary/aromatic N) is 7. The van der Waals surface area contributed by atoms with E-state index in [1.54, 1.807) is 11.9 Å². The Hall–Kier alpha value is -2.26. The van der Waals surface area contributed by atoms with Crippen LogP contribution in [0.4, 0.5) is 10.7 Å². The Bertz CT molecular complexity index is 957. The molecule has 1 aromatic heterocycles. The lowest BCUT2D eigenvalue weighted by Gasteiger charge is -2.35. The van der Waals surface area contributed by atoms with E-state index in [1.165, 1.54) is 43.4 Å². The first-order valence-corrected chi connectivity index (χ1v) is 12.7. The molecular formula is C24H38N7O2+. The molecule has 0 saturated carbocycles. The number of hydrogen-bond donors (Lipinski definition) is 0. The van der Waals surface area contributed by atoms with Gasteiger partial charge in [0.2, 0.25) is 11.9 Å². The van der Waals surface area contributed by atoms with E-state index in [-0.39, 0.29) is 11.9 Å². The average molecular weight is 457 g/mol. The second-order valence-corrected chi connectivity index (χ2v) is 10.0. The van der Waals surface area contributed by atoms with Crippen molar-refractivity contribution in [1.82, 2.24) is 24.2 Å². The largest absolute Gasteiger partial charge is 0.402 e. The number of hydrogen-bond acceptors (Lipinski definition) is 5. The minimum absolute atomic E-state index is 0.145. The van der Waals surface area contributed by atoms with Crippen LogP contribution in [-0.4, -0.2) is 94.8 Å². The van der Waals surface area contributed by atoms with Gasteiger partial charge in [0.25, 0.3) is 5.91 Å². The van der Waals surface area contributed by atoms with E-state index in [4.69, 9.17) is 4.99 Å². The Morgan fingerprint density at radius 2 is 1.48 bits per heavy atom. The lowest BCUT2D eigenvalue weighted by atomic mass is 10.1. The summed E-state index contributed by atoms with van der Waals surface area (Å²) in [7, 11) is 1.75. The molecule has 0 bridgehead atoms. The van der Waals surface area contributed by atoms with Gasteiger partial charge in [-0.25, -0.2) is 13.9 Å². The van der Waals surface area contributed by atoms with Gasteiger partial charge in [-0.1, -0.05) is 17.8 Å². The predicted molar refractivity (Wildman–Crippen MR) is 126 cm³/mol. The Morgan fingerprint density at radius 3 is 2.12 bits per heavy atom. The molecule has 4 aliphatic rings. The van der Waals surface area contributed by atoms with Gasteiger partial charge in [-0.2, -0.15) is 0 Å². The number of amidine groups is 1. The molecular weight excluding hydrogens is 418 g/mol. The topological polar surface area (TPSA) is 68.3 Å². The third-order valence-corrected chi connectivity index (χ3v) is 8.00. The third-order valence-electron chi connectivity index (χ3n) is 8.00. The van der Waals surface area contributed by atoms with Crippen LogP contribution >= 0.6 is 0 Å². The number of likely N-dealkylation sites (N-methyl/N-ethyl adjacent to an activating group) is 1. The molecule has 0 N–H and O–H groups in total. The number of piperidine rings is 2. The molecule has 5 heterocycles. The van der Waals surface area contributed by atoms with Crippen molar-refractivity contribution in [3.8, 4) is 0 Å². The molecule has 4 aliphatic heterocycles. The lowest BCUT2D eigenvalue weighted by molar-refractivity contribution is -0.688. The fourth-order valence-corrected chi connectivity index (χ4v) is 5.82. The van der Waals surface area contributed by atoms with Crippen LogP contribution in [-0.2, 0) is 11.3 Å². The summed E-state index contributed by atoms with van der Waals surface area (Å²) in [5.74, 6) is 1.21. The van der Waals surface area contributed by atoms with E-state index < -0.39 is 6.04 Å². The van der Waals surface area contributed by atoms with Crippen LogP contribution in [0.5, 0.6) is 0 Å². The van der Waals surface area contributed by atoms with Gasteiger partial charge in [0, 0.05) is 26.7 Å². The van der Waals surface area contributed by atoms with Crippen molar-refractivity contribution in [2.24, 2.45) is 4.99 Å². The molecule has 1 aromatic rings. The molecule has 5 rings (SSSR count). The van der Waals surface area contributed by atoms with Gasteiger partial charge in [-0.3, -0.25) is 14.6 Å². The molecule has 3 amide bonds. The Labute approximate surface area is 196 Å². The Morgan fingerprint density at radius 1 is 0.879 bits per heavy atom. The highest BCUT2D eigenvalue weighted by molar-refractivity contribution is 6.20. The number of carbonyl (C=O) groups is 2. The lowest BCUT2D eigenvalue weighted by Crippen LogP contribution is -2.59. The summed E-state index contributed by atoms with van der Waals surface area (Å²) in [6.07, 6.45) is 7.55. The first-order chi connectivity index (χ1) is 16.0. The molecule has 0 spiro atoms. The Kier molecular flexibility index (Phi) is 6.26. The molecule has 3 fully saturated rings. The predicted octanol–water partition coefficient (Wildman–Crippen LogP) is 1.84. The smallest absolute Gasteiger partial charge is 0.302 e.